The van der Waals surface area contributed by atoms with Crippen molar-refractivity contribution in [2.45, 2.75) is 25.3 Å². The van der Waals surface area contributed by atoms with E-state index >= 15 is 0 Å². The quantitative estimate of drug-likeness (QED) is 0.718. The molecule has 0 spiro atoms. The van der Waals surface area contributed by atoms with Crippen molar-refractivity contribution in [1.82, 2.24) is 14.9 Å². The minimum atomic E-state index is 0.197. The van der Waals surface area contributed by atoms with Gasteiger partial charge in [-0.2, -0.15) is 0 Å². The number of aliphatic hydroxyl groups excluding tert-OH is 1. The van der Waals surface area contributed by atoms with E-state index in [1.807, 2.05) is 6.07 Å². The predicted octanol–water partition coefficient (Wildman–Crippen LogP) is 1.94. The number of ether oxygens (including phenoxy) is 3. The van der Waals surface area contributed by atoms with Crippen LogP contribution in [0.25, 0.3) is 10.9 Å². The molecule has 1 saturated carbocycles. The number of aromatic nitrogens is 2. The van der Waals surface area contributed by atoms with Crippen molar-refractivity contribution in [2.75, 3.05) is 59.0 Å². The summed E-state index contributed by atoms with van der Waals surface area (Å²) >= 11 is 0. The zero-order chi connectivity index (χ0) is 20.4. The Morgan fingerprint density at radius 3 is 2.52 bits per heavy atom. The topological polar surface area (TPSA) is 80.2 Å². The fourth-order valence-corrected chi connectivity index (χ4v) is 4.28. The smallest absolute Gasteiger partial charge is 0.205 e. The maximum atomic E-state index is 9.59. The molecule has 1 aliphatic heterocycles. The molecule has 0 radical (unpaired) electrons. The van der Waals surface area contributed by atoms with E-state index < -0.39 is 0 Å². The number of hydrogen-bond acceptors (Lipinski definition) is 8. The molecule has 1 aliphatic carbocycles. The number of aliphatic hydroxyl groups is 1. The lowest BCUT2D eigenvalue weighted by Gasteiger charge is -2.42. The molecule has 0 bridgehead atoms. The van der Waals surface area contributed by atoms with Crippen molar-refractivity contribution in [3.8, 4) is 17.2 Å². The minimum Gasteiger partial charge on any atom is -0.493 e. The van der Waals surface area contributed by atoms with Crippen molar-refractivity contribution >= 4 is 16.7 Å². The van der Waals surface area contributed by atoms with E-state index in [9.17, 15) is 5.11 Å². The number of rotatable bonds is 8. The van der Waals surface area contributed by atoms with Crippen LogP contribution in [-0.2, 0) is 0 Å². The van der Waals surface area contributed by atoms with Gasteiger partial charge in [0.05, 0.1) is 26.7 Å². The molecular formula is C21H30N4O4. The maximum absolute atomic E-state index is 9.59. The first-order valence-corrected chi connectivity index (χ1v) is 10.2. The van der Waals surface area contributed by atoms with Gasteiger partial charge in [-0.25, -0.2) is 9.97 Å². The third kappa shape index (κ3) is 3.91. The molecule has 2 aromatic rings. The van der Waals surface area contributed by atoms with E-state index in [1.54, 1.807) is 27.7 Å². The second-order valence-electron chi connectivity index (χ2n) is 7.79. The van der Waals surface area contributed by atoms with Crippen molar-refractivity contribution < 1.29 is 19.3 Å². The molecule has 158 valence electrons. The zero-order valence-electron chi connectivity index (χ0n) is 17.4. The summed E-state index contributed by atoms with van der Waals surface area (Å²) in [6.07, 6.45) is 5.02. The number of benzene rings is 1. The Bertz CT molecular complexity index is 858. The van der Waals surface area contributed by atoms with Gasteiger partial charge in [-0.3, -0.25) is 4.90 Å². The normalized spacial score (nSPS) is 20.1. The molecule has 2 aliphatic rings. The lowest BCUT2D eigenvalue weighted by Crippen LogP contribution is -2.54. The lowest BCUT2D eigenvalue weighted by atomic mass is 10.1. The van der Waals surface area contributed by atoms with E-state index in [2.05, 4.69) is 19.8 Å². The van der Waals surface area contributed by atoms with Crippen LogP contribution in [0.5, 0.6) is 17.2 Å². The second kappa shape index (κ2) is 8.59. The van der Waals surface area contributed by atoms with Gasteiger partial charge in [0.15, 0.2) is 11.5 Å². The third-order valence-corrected chi connectivity index (χ3v) is 5.97. The first-order valence-electron chi connectivity index (χ1n) is 10.2. The van der Waals surface area contributed by atoms with E-state index in [0.717, 1.165) is 49.7 Å². The molecule has 1 saturated heterocycles. The van der Waals surface area contributed by atoms with Crippen LogP contribution in [0.15, 0.2) is 12.4 Å². The fraction of sp³-hybridized carbons (Fsp3) is 0.619. The summed E-state index contributed by atoms with van der Waals surface area (Å²) in [5.74, 6) is 3.36. The van der Waals surface area contributed by atoms with Crippen molar-refractivity contribution in [1.29, 1.82) is 0 Å². The van der Waals surface area contributed by atoms with Gasteiger partial charge >= 0.3 is 0 Å². The van der Waals surface area contributed by atoms with Crippen LogP contribution in [0.3, 0.4) is 0 Å². The summed E-state index contributed by atoms with van der Waals surface area (Å²) in [6.45, 7) is 4.02. The fourth-order valence-electron chi connectivity index (χ4n) is 4.28. The van der Waals surface area contributed by atoms with Gasteiger partial charge in [-0.05, 0) is 31.2 Å². The summed E-state index contributed by atoms with van der Waals surface area (Å²) in [5.41, 5.74) is 0.703. The highest BCUT2D eigenvalue weighted by molar-refractivity contribution is 5.97. The molecule has 2 fully saturated rings. The average Bonchev–Trinajstić information content (AvgIpc) is 3.57. The van der Waals surface area contributed by atoms with Crippen molar-refractivity contribution in [3.63, 3.8) is 0 Å². The molecule has 1 aromatic carbocycles. The molecule has 1 atom stereocenters. The highest BCUT2D eigenvalue weighted by atomic mass is 16.5. The Hall–Kier alpha value is -2.32. The van der Waals surface area contributed by atoms with Gasteiger partial charge in [0, 0.05) is 38.8 Å². The number of piperazine rings is 1. The Balaban J connectivity index is 1.69. The summed E-state index contributed by atoms with van der Waals surface area (Å²) in [6, 6.07) is 2.24. The summed E-state index contributed by atoms with van der Waals surface area (Å²) in [5, 5.41) is 10.5. The molecule has 1 aromatic heterocycles. The molecule has 4 rings (SSSR count). The predicted molar refractivity (Wildman–Crippen MR) is 111 cm³/mol. The first kappa shape index (κ1) is 20.0. The maximum Gasteiger partial charge on any atom is 0.205 e. The largest absolute Gasteiger partial charge is 0.493 e. The molecule has 8 heteroatoms. The summed E-state index contributed by atoms with van der Waals surface area (Å²) in [7, 11) is 4.81. The molecular weight excluding hydrogens is 372 g/mol. The average molecular weight is 402 g/mol. The van der Waals surface area contributed by atoms with Crippen LogP contribution in [0.4, 0.5) is 5.82 Å². The molecule has 1 N–H and O–H groups in total. The number of fused-ring (bicyclic) bond motifs is 1. The van der Waals surface area contributed by atoms with Gasteiger partial charge in [-0.15, -0.1) is 0 Å². The van der Waals surface area contributed by atoms with E-state index in [-0.39, 0.29) is 6.61 Å². The summed E-state index contributed by atoms with van der Waals surface area (Å²) < 4.78 is 16.6. The number of nitrogens with zero attached hydrogens (tertiary/aromatic N) is 4. The van der Waals surface area contributed by atoms with Crippen LogP contribution < -0.4 is 19.1 Å². The van der Waals surface area contributed by atoms with Crippen LogP contribution in [0.1, 0.15) is 19.3 Å². The molecule has 8 nitrogen and oxygen atoms in total. The number of anilines is 1. The standard InChI is InChI=1S/C21H30N4O4/c1-27-17-10-16-18(20(29-3)19(17)28-2)22-13-23-21(16)25-8-7-24(11-14-4-5-14)15(12-25)6-9-26/h10,13-15,26H,4-9,11-12H2,1-3H3. The van der Waals surface area contributed by atoms with Gasteiger partial charge < -0.3 is 24.2 Å². The molecule has 2 heterocycles. The Kier molecular flexibility index (Phi) is 5.91. The van der Waals surface area contributed by atoms with E-state index in [0.29, 0.717) is 28.8 Å². The number of methoxy groups -OCH3 is 3. The van der Waals surface area contributed by atoms with Crippen LogP contribution >= 0.6 is 0 Å². The number of hydrogen-bond donors (Lipinski definition) is 1. The molecule has 1 unspecified atom stereocenters. The first-order chi connectivity index (χ1) is 14.2. The van der Waals surface area contributed by atoms with Crippen LogP contribution in [0, 0.1) is 5.92 Å². The van der Waals surface area contributed by atoms with Gasteiger partial charge in [-0.1, -0.05) is 0 Å². The minimum absolute atomic E-state index is 0.197. The van der Waals surface area contributed by atoms with Crippen molar-refractivity contribution in [2.24, 2.45) is 5.92 Å². The third-order valence-electron chi connectivity index (χ3n) is 5.97. The molecule has 0 amide bonds. The zero-order valence-corrected chi connectivity index (χ0v) is 17.4. The van der Waals surface area contributed by atoms with Crippen LogP contribution in [-0.4, -0.2) is 80.1 Å². The lowest BCUT2D eigenvalue weighted by molar-refractivity contribution is 0.137. The van der Waals surface area contributed by atoms with E-state index in [4.69, 9.17) is 14.2 Å². The Morgan fingerprint density at radius 1 is 1.07 bits per heavy atom. The van der Waals surface area contributed by atoms with Gasteiger partial charge in [0.25, 0.3) is 0 Å². The second-order valence-corrected chi connectivity index (χ2v) is 7.79. The Morgan fingerprint density at radius 2 is 1.86 bits per heavy atom. The highest BCUT2D eigenvalue weighted by Gasteiger charge is 2.33. The van der Waals surface area contributed by atoms with Crippen molar-refractivity contribution in [3.05, 3.63) is 12.4 Å². The van der Waals surface area contributed by atoms with Gasteiger partial charge in [0.2, 0.25) is 5.75 Å². The molecule has 29 heavy (non-hydrogen) atoms. The highest BCUT2D eigenvalue weighted by Crippen LogP contribution is 2.44. The van der Waals surface area contributed by atoms with Crippen LogP contribution in [0.2, 0.25) is 0 Å². The monoisotopic (exact) mass is 402 g/mol. The Labute approximate surface area is 171 Å². The van der Waals surface area contributed by atoms with E-state index in [1.165, 1.54) is 12.8 Å². The van der Waals surface area contributed by atoms with Gasteiger partial charge in [0.1, 0.15) is 17.7 Å². The summed E-state index contributed by atoms with van der Waals surface area (Å²) in [4.78, 5) is 13.9. The SMILES string of the molecule is COc1cc2c(N3CCN(CC4CC4)C(CCO)C3)ncnc2c(OC)c1OC.